The van der Waals surface area contributed by atoms with Gasteiger partial charge in [-0.2, -0.15) is 0 Å². The molecule has 712 valence electrons. The molecule has 35 heteroatoms. The monoisotopic (exact) mass is 1870 g/mol. The van der Waals surface area contributed by atoms with E-state index in [1.165, 1.54) is 93.7 Å². The van der Waals surface area contributed by atoms with Gasteiger partial charge in [-0.05, 0) is 127 Å². The Balaban J connectivity index is 1.09. The zero-order chi connectivity index (χ0) is 96.9. The van der Waals surface area contributed by atoms with E-state index in [2.05, 4.69) is 36.2 Å². The highest BCUT2D eigenvalue weighted by Crippen LogP contribution is 2.39. The minimum atomic E-state index is -2.11. The number of ketones is 4. The number of phenolic OH excluding ortho intramolecular Hbond substituents is 1. The predicted octanol–water partition coefficient (Wildman–Crippen LogP) is 10.2. The number of unbranched alkanes of at least 4 members (excludes halogenated alkanes) is 1. The molecule has 8 rings (SSSR count). The summed E-state index contributed by atoms with van der Waals surface area (Å²) in [7, 11) is 4.20. The molecule has 2 aliphatic heterocycles. The van der Waals surface area contributed by atoms with Gasteiger partial charge >= 0.3 is 29.8 Å². The van der Waals surface area contributed by atoms with Gasteiger partial charge < -0.3 is 85.6 Å². The van der Waals surface area contributed by atoms with E-state index in [0.29, 0.717) is 29.5 Å². The molecule has 0 saturated carbocycles. The number of phenols is 1. The van der Waals surface area contributed by atoms with Crippen LogP contribution < -0.4 is 32.7 Å². The maximum atomic E-state index is 15.6. The van der Waals surface area contributed by atoms with E-state index < -0.39 is 216 Å². The highest BCUT2D eigenvalue weighted by Gasteiger charge is 2.53. The molecule has 12 N–H and O–H groups in total. The van der Waals surface area contributed by atoms with Crippen molar-refractivity contribution in [3.8, 4) is 5.75 Å². The fourth-order valence-corrected chi connectivity index (χ4v) is 17.7. The van der Waals surface area contributed by atoms with Crippen molar-refractivity contribution in [2.24, 2.45) is 51.9 Å². The number of methoxy groups -OCH3 is 2. The third kappa shape index (κ3) is 30.9. The second kappa shape index (κ2) is 52.5. The fraction of sp³-hybridized carbons (Fsp3) is 0.429. The van der Waals surface area contributed by atoms with Crippen molar-refractivity contribution >= 4 is 127 Å². The number of nitrogens with two attached hydrogens (primary N) is 2. The third-order valence-electron chi connectivity index (χ3n) is 23.2. The molecule has 0 spiro atoms. The molecule has 133 heavy (non-hydrogen) atoms. The maximum absolute atomic E-state index is 15.6. The average molecular weight is 1870 g/mol. The van der Waals surface area contributed by atoms with Crippen molar-refractivity contribution in [2.45, 2.75) is 193 Å². The number of aliphatic hydroxyl groups excluding tert-OH is 2. The number of fused-ring (bicyclic) bond motifs is 5. The number of carbonyl (C=O) groups is 14. The first-order valence-electron chi connectivity index (χ1n) is 43.9. The van der Waals surface area contributed by atoms with Crippen molar-refractivity contribution in [3.63, 3.8) is 0 Å². The number of nitrogens with zero attached hydrogens (tertiary/aromatic N) is 2. The molecule has 5 heterocycles. The van der Waals surface area contributed by atoms with Crippen molar-refractivity contribution in [3.05, 3.63) is 223 Å². The number of aliphatic hydroxyl groups is 2. The van der Waals surface area contributed by atoms with E-state index in [1.54, 1.807) is 113 Å². The van der Waals surface area contributed by atoms with E-state index in [4.69, 9.17) is 44.0 Å². The van der Waals surface area contributed by atoms with Gasteiger partial charge in [-0.3, -0.25) is 57.5 Å². The Morgan fingerprint density at radius 2 is 1.22 bits per heavy atom. The van der Waals surface area contributed by atoms with Crippen LogP contribution in [-0.4, -0.2) is 200 Å². The topological polar surface area (TPSA) is 514 Å². The summed E-state index contributed by atoms with van der Waals surface area (Å²) in [6.07, 6.45) is 17.0. The summed E-state index contributed by atoms with van der Waals surface area (Å²) >= 11 is 0. The Kier molecular flexibility index (Phi) is 41.7. The van der Waals surface area contributed by atoms with Crippen LogP contribution in [0.1, 0.15) is 169 Å². The summed E-state index contributed by atoms with van der Waals surface area (Å²) in [6.45, 7) is 10.9. The number of nitrogens with one attached hydrogen (secondary N) is 5. The van der Waals surface area contributed by atoms with Crippen LogP contribution in [-0.2, 0) is 100 Å². The number of hydrogen-bond donors (Lipinski definition) is 10. The Bertz CT molecular complexity index is 5280. The molecule has 3 aromatic heterocycles. The van der Waals surface area contributed by atoms with Crippen LogP contribution >= 0.6 is 21.6 Å². The number of rotatable bonds is 32. The summed E-state index contributed by atoms with van der Waals surface area (Å²) < 4.78 is 39.7. The molecule has 0 radical (unpaired) electrons. The van der Waals surface area contributed by atoms with Gasteiger partial charge in [-0.1, -0.05) is 175 Å². The molecule has 2 aliphatic rings. The summed E-state index contributed by atoms with van der Waals surface area (Å²) in [6, 6.07) is 16.2. The molecule has 6 aromatic rings. The number of H-pyrrole nitrogens is 1. The fourth-order valence-electron chi connectivity index (χ4n) is 15.1. The Morgan fingerprint density at radius 1 is 0.647 bits per heavy atom. The van der Waals surface area contributed by atoms with Crippen LogP contribution in [0.25, 0.3) is 23.1 Å². The lowest BCUT2D eigenvalue weighted by Crippen LogP contribution is -2.52. The van der Waals surface area contributed by atoms with Crippen molar-refractivity contribution in [1.82, 2.24) is 36.2 Å². The van der Waals surface area contributed by atoms with Gasteiger partial charge in [0, 0.05) is 97.5 Å². The Morgan fingerprint density at radius 3 is 1.81 bits per heavy atom. The molecular weight excluding hydrogens is 1750 g/mol. The van der Waals surface area contributed by atoms with Crippen LogP contribution in [0, 0.1) is 40.4 Å². The number of amides is 5. The van der Waals surface area contributed by atoms with E-state index >= 15 is 19.2 Å². The van der Waals surface area contributed by atoms with Gasteiger partial charge in [0.15, 0.2) is 34.5 Å². The molecule has 1 saturated heterocycles. The maximum Gasteiger partial charge on any atom is 0.360 e. The number of aromatic amines is 1. The lowest BCUT2D eigenvalue weighted by molar-refractivity contribution is -0.176. The number of aromatic nitrogens is 3. The first-order chi connectivity index (χ1) is 63.6. The Hall–Kier alpha value is -12.7. The zero-order valence-corrected chi connectivity index (χ0v) is 77.5. The molecule has 7 unspecified atom stereocenters. The van der Waals surface area contributed by atoms with E-state index in [9.17, 15) is 63.3 Å². The van der Waals surface area contributed by atoms with Crippen molar-refractivity contribution < 1.29 is 115 Å². The molecule has 4 bridgehead atoms. The van der Waals surface area contributed by atoms with Crippen LogP contribution in [0.3, 0.4) is 0 Å². The van der Waals surface area contributed by atoms with Crippen molar-refractivity contribution in [2.75, 3.05) is 32.3 Å². The molecule has 33 nitrogen and oxygen atoms in total. The second-order valence-electron chi connectivity index (χ2n) is 33.2. The Labute approximate surface area is 779 Å². The summed E-state index contributed by atoms with van der Waals surface area (Å²) in [4.78, 5) is 216. The molecule has 0 aliphatic carbocycles. The number of benzene rings is 3. The van der Waals surface area contributed by atoms with Crippen LogP contribution in [0.5, 0.6) is 5.75 Å². The van der Waals surface area contributed by atoms with E-state index in [1.807, 2.05) is 24.3 Å². The number of carbonyl (C=O) groups excluding carboxylic acids is 14. The smallest absolute Gasteiger partial charge is 0.360 e. The van der Waals surface area contributed by atoms with Gasteiger partial charge in [0.2, 0.25) is 41.3 Å². The minimum absolute atomic E-state index is 0.0344. The number of para-hydroxylation sites is 1. The quantitative estimate of drug-likeness (QED) is 0.00617. The first kappa shape index (κ1) is 106. The molecule has 5 amide bonds. The number of allylic oxidation sites excluding steroid dienone is 10. The second-order valence-corrected chi connectivity index (χ2v) is 35.7. The van der Waals surface area contributed by atoms with Gasteiger partial charge in [0.1, 0.15) is 47.4 Å². The van der Waals surface area contributed by atoms with E-state index in [0.717, 1.165) is 59.2 Å². The molecular formula is C98H119N9O24S2. The zero-order valence-electron chi connectivity index (χ0n) is 75.9. The molecule has 1 fully saturated rings. The number of hydrogen-bond acceptors (Lipinski definition) is 29. The number of esters is 5. The van der Waals surface area contributed by atoms with E-state index in [-0.39, 0.29) is 85.5 Å². The highest BCUT2D eigenvalue weighted by atomic mass is 33.1. The number of cyclic esters (lactones) is 2. The number of Topliss-reactive ketones (excluding diaryl/α,β-unsaturated/α-hetero) is 4. The summed E-state index contributed by atoms with van der Waals surface area (Å²) in [5.41, 5.74) is 9.47. The highest BCUT2D eigenvalue weighted by molar-refractivity contribution is 8.76. The SMILES string of the molecule is C/C=C/C(O)C(C)(C(=O)OC)C1C\C=C/C=C/C=C/c2nc(co2)C(=O)OC(C(C)(C(=O)OC)C(/C=C/C)OC(=O)CCC(=O)N[C@H](Cc2ccccc2)C(=O)C[C@H]2CSSC[C@@H](C(=O)C[C@@H](C(N)=O)C(C)O)NC(=O)[C@H](C(C)C)CC(=O)[C@H](CCCCN)NC(=O)[C@@H](Cc3c[nH]c4ccccc34)CC(=O)[C@@H](Cc3ccc(O)cc3)NC2=O)C\C=C/C=C/C=C/c2nc(co2)C(=O)O1. The standard InChI is InChI=1S/C98H119N9O24S2/c1-10-29-81(114)97(6,95(123)125-8)83-36-21-14-12-16-23-39-87-104-75(56-128-87)94(122)131-84(37-22-15-13-17-24-38-86-103-74(55-127-86)93(121)130-83)98(7,96(124)126-9)82(30-11-2)129-88(116)45-44-85(115)102-72(47-61-31-19-18-20-32-61)78(111)51-65-57-132-133-58-76(80(113)53-69(60(5)108)89(100)117)107-92(120)68(59(3)4)52-79(112)71(35-27-28-46-99)105-90(118)63(49-64-54-101-70-34-26-25-33-67(64)70)50-77(110)73(106-91(65)119)48-62-40-42-66(109)43-41-62/h10-26,29-34,38-43,54-56,59-60,63,65,68-69,71-73,76,81-84,101,108-109,114H,27-28,35-37,44-53,57-58,99H2,1-9H3,(H2,100,117)(H,102,115)(H,105,118)(H,106,119)(H,107,120)/b16-12+,17-13+,21-14-,22-15-,29-10+,30-11+,38-24+,39-23+/t60?,63-,65-,68-,69+,71-,72+,73+,76-,81?,82?,83?,84?,97?,98?/m0/s1. The molecule has 15 atom stereocenters. The summed E-state index contributed by atoms with van der Waals surface area (Å²) in [5.74, 6) is -18.2. The van der Waals surface area contributed by atoms with Gasteiger partial charge in [-0.15, -0.1) is 0 Å². The third-order valence-corrected chi connectivity index (χ3v) is 25.7. The lowest BCUT2D eigenvalue weighted by Gasteiger charge is -2.38. The number of ether oxygens (including phenoxy) is 5. The normalized spacial score (nSPS) is 22.8. The van der Waals surface area contributed by atoms with Crippen LogP contribution in [0.4, 0.5) is 0 Å². The number of oxazole rings is 2. The summed E-state index contributed by atoms with van der Waals surface area (Å²) in [5, 5.41) is 44.5. The number of aromatic hydroxyl groups is 1. The van der Waals surface area contributed by atoms with Crippen molar-refractivity contribution in [1.29, 1.82) is 0 Å². The van der Waals surface area contributed by atoms with Gasteiger partial charge in [-0.25, -0.2) is 19.6 Å². The predicted molar refractivity (Wildman–Crippen MR) is 498 cm³/mol. The number of primary amides is 1. The minimum Gasteiger partial charge on any atom is -0.508 e. The van der Waals surface area contributed by atoms with Crippen LogP contribution in [0.2, 0.25) is 0 Å². The van der Waals surface area contributed by atoms with Crippen LogP contribution in [0.15, 0.2) is 191 Å². The average Bonchev–Trinajstić information content (AvgIpc) is 0.974. The largest absolute Gasteiger partial charge is 0.508 e. The molecule has 3 aromatic carbocycles. The van der Waals surface area contributed by atoms with Gasteiger partial charge in [0.25, 0.3) is 0 Å². The first-order valence-corrected chi connectivity index (χ1v) is 46.4. The lowest BCUT2D eigenvalue weighted by atomic mass is 9.76. The van der Waals surface area contributed by atoms with Gasteiger partial charge in [0.05, 0.1) is 68.9 Å².